The number of aryl methyl sites for hydroxylation is 2. The van der Waals surface area contributed by atoms with Crippen molar-refractivity contribution >= 4 is 22.1 Å². The van der Waals surface area contributed by atoms with Gasteiger partial charge in [-0.3, -0.25) is 9.69 Å². The zero-order valence-electron chi connectivity index (χ0n) is 23.5. The fourth-order valence-electron chi connectivity index (χ4n) is 3.83. The summed E-state index contributed by atoms with van der Waals surface area (Å²) in [4.78, 5) is 28.6. The van der Waals surface area contributed by atoms with E-state index in [0.29, 0.717) is 0 Å². The average molecular weight is 548 g/mol. The molecule has 210 valence electrons. The first-order valence-electron chi connectivity index (χ1n) is 12.6. The van der Waals surface area contributed by atoms with Gasteiger partial charge in [-0.15, -0.1) is 0 Å². The molecule has 0 heterocycles. The van der Waals surface area contributed by atoms with Gasteiger partial charge < -0.3 is 14.4 Å². The van der Waals surface area contributed by atoms with Crippen molar-refractivity contribution in [2.75, 3.05) is 33.3 Å². The molecule has 2 aromatic rings. The van der Waals surface area contributed by atoms with Gasteiger partial charge in [-0.05, 0) is 66.3 Å². The Bertz CT molecular complexity index is 1180. The summed E-state index contributed by atoms with van der Waals surface area (Å²) in [7, 11) is -2.22. The highest BCUT2D eigenvalue weighted by Crippen LogP contribution is 2.16. The van der Waals surface area contributed by atoms with E-state index in [0.717, 1.165) is 16.7 Å². The number of likely N-dealkylation sites (N-methyl/N-ethyl adjacent to an activating group) is 1. The number of benzene rings is 2. The number of ether oxygens (including phenoxy) is 2. The van der Waals surface area contributed by atoms with Crippen LogP contribution in [0.5, 0.6) is 0 Å². The molecule has 9 nitrogen and oxygen atoms in total. The molecule has 2 aromatic carbocycles. The Labute approximate surface area is 227 Å². The van der Waals surface area contributed by atoms with Crippen molar-refractivity contribution in [3.8, 4) is 0 Å². The van der Waals surface area contributed by atoms with Gasteiger partial charge in [0.15, 0.2) is 0 Å². The van der Waals surface area contributed by atoms with Gasteiger partial charge in [-0.25, -0.2) is 17.9 Å². The van der Waals surface area contributed by atoms with E-state index in [1.165, 1.54) is 17.0 Å². The summed E-state index contributed by atoms with van der Waals surface area (Å²) < 4.78 is 40.0. The lowest BCUT2D eigenvalue weighted by Gasteiger charge is -2.32. The average Bonchev–Trinajstić information content (AvgIpc) is 2.77. The standard InChI is InChI=1S/C28H41N3O6S/c1-8-36-26(32)20-30(7)18-24(29-38(34,35)25-14-12-21(2)13-15-25)19-31(27(33)37-28(4,5)6)17-23-11-9-10-22(3)16-23/h9-16,24,29H,8,17-20H2,1-7H3/t24-/m1/s1. The number of rotatable bonds is 12. The van der Waals surface area contributed by atoms with E-state index in [2.05, 4.69) is 4.72 Å². The van der Waals surface area contributed by atoms with Crippen molar-refractivity contribution in [3.05, 3.63) is 65.2 Å². The predicted molar refractivity (Wildman–Crippen MR) is 147 cm³/mol. The molecule has 0 fully saturated rings. The van der Waals surface area contributed by atoms with Crippen LogP contribution in [0.2, 0.25) is 0 Å². The van der Waals surface area contributed by atoms with Crippen LogP contribution in [0.4, 0.5) is 4.79 Å². The van der Waals surface area contributed by atoms with Crippen molar-refractivity contribution < 1.29 is 27.5 Å². The summed E-state index contributed by atoms with van der Waals surface area (Å²) in [5.41, 5.74) is 2.12. The molecule has 0 spiro atoms. The van der Waals surface area contributed by atoms with Crippen molar-refractivity contribution in [1.29, 1.82) is 0 Å². The van der Waals surface area contributed by atoms with Gasteiger partial charge in [0, 0.05) is 19.6 Å². The highest BCUT2D eigenvalue weighted by Gasteiger charge is 2.29. The molecule has 0 saturated carbocycles. The molecule has 0 aliphatic rings. The van der Waals surface area contributed by atoms with E-state index in [1.807, 2.05) is 38.1 Å². The van der Waals surface area contributed by atoms with Gasteiger partial charge in [-0.2, -0.15) is 0 Å². The molecule has 1 N–H and O–H groups in total. The first kappa shape index (κ1) is 31.3. The summed E-state index contributed by atoms with van der Waals surface area (Å²) in [6.07, 6.45) is -0.563. The normalized spacial score (nSPS) is 12.7. The quantitative estimate of drug-likeness (QED) is 0.402. The number of esters is 1. The molecule has 0 saturated heterocycles. The van der Waals surface area contributed by atoms with Crippen molar-refractivity contribution in [2.45, 2.75) is 64.6 Å². The zero-order chi connectivity index (χ0) is 28.5. The van der Waals surface area contributed by atoms with Gasteiger partial charge in [0.1, 0.15) is 5.60 Å². The van der Waals surface area contributed by atoms with E-state index in [-0.39, 0.29) is 37.7 Å². The molecule has 10 heteroatoms. The van der Waals surface area contributed by atoms with E-state index < -0.39 is 33.7 Å². The molecule has 0 bridgehead atoms. The number of carbonyl (C=O) groups is 2. The second-order valence-electron chi connectivity index (χ2n) is 10.5. The Kier molecular flexibility index (Phi) is 11.3. The van der Waals surface area contributed by atoms with E-state index in [1.54, 1.807) is 51.8 Å². The van der Waals surface area contributed by atoms with Gasteiger partial charge in [0.05, 0.1) is 24.1 Å². The molecule has 1 amide bonds. The molecule has 0 unspecified atom stereocenters. The molecule has 0 radical (unpaired) electrons. The number of nitrogens with zero attached hydrogens (tertiary/aromatic N) is 2. The van der Waals surface area contributed by atoms with Crippen LogP contribution in [0.25, 0.3) is 0 Å². The first-order valence-corrected chi connectivity index (χ1v) is 14.1. The molecule has 0 aromatic heterocycles. The van der Waals surface area contributed by atoms with E-state index >= 15 is 0 Å². The lowest BCUT2D eigenvalue weighted by atomic mass is 10.1. The fourth-order valence-corrected chi connectivity index (χ4v) is 5.05. The largest absolute Gasteiger partial charge is 0.465 e. The Hall–Kier alpha value is -2.95. The summed E-state index contributed by atoms with van der Waals surface area (Å²) in [6.45, 7) is 11.5. The van der Waals surface area contributed by atoms with Crippen LogP contribution < -0.4 is 4.72 Å². The van der Waals surface area contributed by atoms with Crippen LogP contribution in [0.3, 0.4) is 0 Å². The second-order valence-corrected chi connectivity index (χ2v) is 12.2. The number of hydrogen-bond donors (Lipinski definition) is 1. The van der Waals surface area contributed by atoms with E-state index in [4.69, 9.17) is 9.47 Å². The third-order valence-electron chi connectivity index (χ3n) is 5.44. The van der Waals surface area contributed by atoms with Crippen molar-refractivity contribution in [3.63, 3.8) is 0 Å². The van der Waals surface area contributed by atoms with Gasteiger partial charge in [0.2, 0.25) is 10.0 Å². The van der Waals surface area contributed by atoms with Crippen LogP contribution in [-0.2, 0) is 30.8 Å². The maximum absolute atomic E-state index is 13.3. The molecule has 0 aliphatic carbocycles. The summed E-state index contributed by atoms with van der Waals surface area (Å²) in [5, 5.41) is 0. The Morgan fingerprint density at radius 1 is 1.00 bits per heavy atom. The number of nitrogens with one attached hydrogen (secondary N) is 1. The first-order chi connectivity index (χ1) is 17.7. The van der Waals surface area contributed by atoms with Crippen LogP contribution in [-0.4, -0.2) is 75.2 Å². The topological polar surface area (TPSA) is 105 Å². The highest BCUT2D eigenvalue weighted by molar-refractivity contribution is 7.89. The number of carbonyl (C=O) groups excluding carboxylic acids is 2. The molecule has 1 atom stereocenters. The maximum Gasteiger partial charge on any atom is 0.410 e. The lowest BCUT2D eigenvalue weighted by molar-refractivity contribution is -0.144. The highest BCUT2D eigenvalue weighted by atomic mass is 32.2. The molecule has 2 rings (SSSR count). The van der Waals surface area contributed by atoms with Crippen LogP contribution in [0.15, 0.2) is 53.4 Å². The second kappa shape index (κ2) is 13.7. The number of hydrogen-bond acceptors (Lipinski definition) is 7. The Morgan fingerprint density at radius 3 is 2.24 bits per heavy atom. The van der Waals surface area contributed by atoms with Crippen molar-refractivity contribution in [1.82, 2.24) is 14.5 Å². The van der Waals surface area contributed by atoms with Crippen LogP contribution in [0, 0.1) is 13.8 Å². The summed E-state index contributed by atoms with van der Waals surface area (Å²) in [6, 6.07) is 13.5. The Balaban J connectivity index is 2.37. The monoisotopic (exact) mass is 547 g/mol. The Morgan fingerprint density at radius 2 is 1.66 bits per heavy atom. The third kappa shape index (κ3) is 10.8. The molecular weight excluding hydrogens is 506 g/mol. The van der Waals surface area contributed by atoms with Crippen molar-refractivity contribution in [2.24, 2.45) is 0 Å². The predicted octanol–water partition coefficient (Wildman–Crippen LogP) is 3.88. The lowest BCUT2D eigenvalue weighted by Crippen LogP contribution is -2.51. The summed E-state index contributed by atoms with van der Waals surface area (Å²) >= 11 is 0. The zero-order valence-corrected chi connectivity index (χ0v) is 24.3. The number of amides is 1. The number of sulfonamides is 1. The van der Waals surface area contributed by atoms with Gasteiger partial charge >= 0.3 is 12.1 Å². The summed E-state index contributed by atoms with van der Waals surface area (Å²) in [5.74, 6) is -0.418. The SMILES string of the molecule is CCOC(=O)CN(C)C[C@H](CN(Cc1cccc(C)c1)C(=O)OC(C)(C)C)NS(=O)(=O)c1ccc(C)cc1. The molecule has 0 aliphatic heterocycles. The third-order valence-corrected chi connectivity index (χ3v) is 6.97. The van der Waals surface area contributed by atoms with Crippen LogP contribution in [0.1, 0.15) is 44.4 Å². The molecular formula is C28H41N3O6S. The molecule has 38 heavy (non-hydrogen) atoms. The minimum atomic E-state index is -3.92. The van der Waals surface area contributed by atoms with Gasteiger partial charge in [0.25, 0.3) is 0 Å². The van der Waals surface area contributed by atoms with Crippen LogP contribution >= 0.6 is 0 Å². The minimum Gasteiger partial charge on any atom is -0.465 e. The van der Waals surface area contributed by atoms with E-state index in [9.17, 15) is 18.0 Å². The smallest absolute Gasteiger partial charge is 0.410 e. The fraction of sp³-hybridized carbons (Fsp3) is 0.500. The van der Waals surface area contributed by atoms with Gasteiger partial charge in [-0.1, -0.05) is 47.5 Å². The maximum atomic E-state index is 13.3. The minimum absolute atomic E-state index is 0.0150.